The number of ether oxygens (including phenoxy) is 1. The molecule has 0 radical (unpaired) electrons. The Morgan fingerprint density at radius 2 is 1.79 bits per heavy atom. The van der Waals surface area contributed by atoms with Crippen molar-refractivity contribution in [2.24, 2.45) is 0 Å². The van der Waals surface area contributed by atoms with Crippen molar-refractivity contribution in [2.75, 3.05) is 6.86 Å². The van der Waals surface area contributed by atoms with Crippen molar-refractivity contribution in [3.05, 3.63) is 48.0 Å². The highest BCUT2D eigenvalue weighted by Gasteiger charge is 1.95. The lowest BCUT2D eigenvalue weighted by atomic mass is 10.1. The normalized spacial score (nSPS) is 10.6. The highest BCUT2D eigenvalue weighted by Crippen LogP contribution is 2.15. The number of halogens is 1. The fourth-order valence-electron chi connectivity index (χ4n) is 1.48. The van der Waals surface area contributed by atoms with Gasteiger partial charge in [-0.2, -0.15) is 0 Å². The second-order valence-electron chi connectivity index (χ2n) is 3.14. The predicted octanol–water partition coefficient (Wildman–Crippen LogP) is 3.28. The Kier molecular flexibility index (Phi) is 2.75. The van der Waals surface area contributed by atoms with E-state index >= 15 is 0 Å². The van der Waals surface area contributed by atoms with Crippen LogP contribution in [0.2, 0.25) is 0 Å². The minimum atomic E-state index is -0.729. The van der Waals surface area contributed by atoms with Gasteiger partial charge in [-0.1, -0.05) is 36.4 Å². The predicted molar refractivity (Wildman–Crippen MR) is 54.7 cm³/mol. The molecule has 0 heterocycles. The van der Waals surface area contributed by atoms with Gasteiger partial charge >= 0.3 is 0 Å². The third kappa shape index (κ3) is 1.91. The Labute approximate surface area is 82.1 Å². The van der Waals surface area contributed by atoms with Gasteiger partial charge in [0.1, 0.15) is 0 Å². The lowest BCUT2D eigenvalue weighted by molar-refractivity contribution is 0.0463. The van der Waals surface area contributed by atoms with Crippen LogP contribution >= 0.6 is 0 Å². The van der Waals surface area contributed by atoms with E-state index in [1.807, 2.05) is 36.4 Å². The number of hydrogen-bond acceptors (Lipinski definition) is 1. The van der Waals surface area contributed by atoms with Crippen molar-refractivity contribution in [3.8, 4) is 0 Å². The molecule has 2 rings (SSSR count). The van der Waals surface area contributed by atoms with E-state index in [1.165, 1.54) is 5.39 Å². The Balaban J connectivity index is 2.32. The van der Waals surface area contributed by atoms with Crippen LogP contribution in [0.3, 0.4) is 0 Å². The Morgan fingerprint density at radius 1 is 1.00 bits per heavy atom. The first-order chi connectivity index (χ1) is 6.90. The molecule has 0 N–H and O–H groups in total. The Morgan fingerprint density at radius 3 is 2.57 bits per heavy atom. The summed E-state index contributed by atoms with van der Waals surface area (Å²) in [6.07, 6.45) is 0. The van der Waals surface area contributed by atoms with Gasteiger partial charge in [-0.25, -0.2) is 4.39 Å². The van der Waals surface area contributed by atoms with Crippen LogP contribution in [0.15, 0.2) is 42.5 Å². The average molecular weight is 190 g/mol. The van der Waals surface area contributed by atoms with E-state index in [0.29, 0.717) is 6.61 Å². The van der Waals surface area contributed by atoms with Crippen molar-refractivity contribution in [1.82, 2.24) is 0 Å². The van der Waals surface area contributed by atoms with Gasteiger partial charge in [0.05, 0.1) is 6.61 Å². The number of fused-ring (bicyclic) bond motifs is 1. The standard InChI is InChI=1S/C12H11FO/c13-9-14-8-10-5-6-11-3-1-2-4-12(11)7-10/h1-7H,8-9H2. The first-order valence-corrected chi connectivity index (χ1v) is 4.51. The molecule has 0 saturated carbocycles. The summed E-state index contributed by atoms with van der Waals surface area (Å²) in [6.45, 7) is -0.395. The quantitative estimate of drug-likeness (QED) is 0.721. The molecular weight excluding hydrogens is 179 g/mol. The molecule has 72 valence electrons. The van der Waals surface area contributed by atoms with Crippen molar-refractivity contribution >= 4 is 10.8 Å². The van der Waals surface area contributed by atoms with Gasteiger partial charge in [-0.3, -0.25) is 0 Å². The molecule has 2 aromatic rings. The molecule has 0 atom stereocenters. The van der Waals surface area contributed by atoms with Crippen LogP contribution in [-0.2, 0) is 11.3 Å². The SMILES string of the molecule is FCOCc1ccc2ccccc2c1. The zero-order valence-corrected chi connectivity index (χ0v) is 7.74. The fourth-order valence-corrected chi connectivity index (χ4v) is 1.48. The molecule has 0 aliphatic carbocycles. The van der Waals surface area contributed by atoms with Gasteiger partial charge in [0, 0.05) is 0 Å². The molecule has 1 nitrogen and oxygen atoms in total. The second kappa shape index (κ2) is 4.20. The molecule has 0 saturated heterocycles. The van der Waals surface area contributed by atoms with E-state index < -0.39 is 6.86 Å². The maximum atomic E-state index is 11.8. The van der Waals surface area contributed by atoms with E-state index in [4.69, 9.17) is 4.74 Å². The molecule has 0 bridgehead atoms. The van der Waals surface area contributed by atoms with E-state index in [0.717, 1.165) is 10.9 Å². The highest BCUT2D eigenvalue weighted by molar-refractivity contribution is 5.82. The largest absolute Gasteiger partial charge is 0.346 e. The molecule has 0 aromatic heterocycles. The number of benzene rings is 2. The van der Waals surface area contributed by atoms with Crippen molar-refractivity contribution in [3.63, 3.8) is 0 Å². The molecule has 0 aliphatic heterocycles. The van der Waals surface area contributed by atoms with Gasteiger partial charge in [-0.15, -0.1) is 0 Å². The monoisotopic (exact) mass is 190 g/mol. The topological polar surface area (TPSA) is 9.23 Å². The van der Waals surface area contributed by atoms with Gasteiger partial charge in [0.2, 0.25) is 0 Å². The lowest BCUT2D eigenvalue weighted by Gasteiger charge is -2.02. The molecule has 0 spiro atoms. The molecule has 0 unspecified atom stereocenters. The summed E-state index contributed by atoms with van der Waals surface area (Å²) in [5.74, 6) is 0. The third-order valence-corrected chi connectivity index (χ3v) is 2.16. The molecule has 14 heavy (non-hydrogen) atoms. The maximum absolute atomic E-state index is 11.8. The number of alkyl halides is 1. The zero-order chi connectivity index (χ0) is 9.80. The van der Waals surface area contributed by atoms with E-state index in [1.54, 1.807) is 0 Å². The number of rotatable bonds is 3. The maximum Gasteiger partial charge on any atom is 0.188 e. The van der Waals surface area contributed by atoms with Crippen LogP contribution in [-0.4, -0.2) is 6.86 Å². The summed E-state index contributed by atoms with van der Waals surface area (Å²) < 4.78 is 16.5. The Hall–Kier alpha value is -1.41. The number of hydrogen-bond donors (Lipinski definition) is 0. The average Bonchev–Trinajstić information content (AvgIpc) is 2.26. The van der Waals surface area contributed by atoms with Crippen molar-refractivity contribution in [1.29, 1.82) is 0 Å². The molecular formula is C12H11FO. The van der Waals surface area contributed by atoms with Crippen LogP contribution in [0.5, 0.6) is 0 Å². The highest BCUT2D eigenvalue weighted by atomic mass is 19.1. The summed E-state index contributed by atoms with van der Waals surface area (Å²) in [4.78, 5) is 0. The summed E-state index contributed by atoms with van der Waals surface area (Å²) in [7, 11) is 0. The van der Waals surface area contributed by atoms with E-state index in [2.05, 4.69) is 6.07 Å². The molecule has 0 aliphatic rings. The molecule has 0 amide bonds. The van der Waals surface area contributed by atoms with Crippen molar-refractivity contribution < 1.29 is 9.13 Å². The van der Waals surface area contributed by atoms with Crippen LogP contribution in [0.1, 0.15) is 5.56 Å². The summed E-state index contributed by atoms with van der Waals surface area (Å²) in [5.41, 5.74) is 1.00. The first-order valence-electron chi connectivity index (χ1n) is 4.51. The van der Waals surface area contributed by atoms with Crippen LogP contribution in [0, 0.1) is 0 Å². The molecule has 2 aromatic carbocycles. The van der Waals surface area contributed by atoms with Gasteiger partial charge in [0.15, 0.2) is 6.86 Å². The summed E-state index contributed by atoms with van der Waals surface area (Å²) in [5, 5.41) is 2.35. The molecule has 0 fully saturated rings. The summed E-state index contributed by atoms with van der Waals surface area (Å²) in [6, 6.07) is 14.1. The van der Waals surface area contributed by atoms with Crippen LogP contribution in [0.4, 0.5) is 4.39 Å². The smallest absolute Gasteiger partial charge is 0.188 e. The summed E-state index contributed by atoms with van der Waals surface area (Å²) >= 11 is 0. The molecule has 2 heteroatoms. The van der Waals surface area contributed by atoms with Crippen molar-refractivity contribution in [2.45, 2.75) is 6.61 Å². The zero-order valence-electron chi connectivity index (χ0n) is 7.74. The van der Waals surface area contributed by atoms with Crippen LogP contribution in [0.25, 0.3) is 10.8 Å². The minimum absolute atomic E-state index is 0.335. The fraction of sp³-hybridized carbons (Fsp3) is 0.167. The van der Waals surface area contributed by atoms with E-state index in [9.17, 15) is 4.39 Å². The van der Waals surface area contributed by atoms with Gasteiger partial charge in [0.25, 0.3) is 0 Å². The first kappa shape index (κ1) is 9.16. The lowest BCUT2D eigenvalue weighted by Crippen LogP contribution is -1.90. The minimum Gasteiger partial charge on any atom is -0.346 e. The van der Waals surface area contributed by atoms with E-state index in [-0.39, 0.29) is 0 Å². The Bertz CT molecular complexity index is 425. The van der Waals surface area contributed by atoms with Gasteiger partial charge < -0.3 is 4.74 Å². The van der Waals surface area contributed by atoms with Crippen LogP contribution < -0.4 is 0 Å². The third-order valence-electron chi connectivity index (χ3n) is 2.16. The second-order valence-corrected chi connectivity index (χ2v) is 3.14. The van der Waals surface area contributed by atoms with Gasteiger partial charge in [-0.05, 0) is 22.4 Å².